The van der Waals surface area contributed by atoms with Crippen LogP contribution in [0, 0.1) is 13.8 Å². The fraction of sp³-hybridized carbons (Fsp3) is 0.750. The highest BCUT2D eigenvalue weighted by Gasteiger charge is 2.33. The topological polar surface area (TPSA) is 47.4 Å². The van der Waals surface area contributed by atoms with E-state index in [-0.39, 0.29) is 12.1 Å². The van der Waals surface area contributed by atoms with E-state index in [1.807, 2.05) is 44.3 Å². The molecule has 0 aliphatic carbocycles. The van der Waals surface area contributed by atoms with E-state index in [9.17, 15) is 4.79 Å². The number of amides is 1. The Morgan fingerprint density at radius 3 is 2.57 bits per heavy atom. The monoisotopic (exact) mass is 293 g/mol. The molecular formula is C16H27N3O2. The van der Waals surface area contributed by atoms with Gasteiger partial charge in [0.1, 0.15) is 5.60 Å². The summed E-state index contributed by atoms with van der Waals surface area (Å²) in [6, 6.07) is 0.224. The molecule has 1 aliphatic rings. The van der Waals surface area contributed by atoms with E-state index < -0.39 is 5.60 Å². The number of nitrogens with zero attached hydrogens (tertiary/aromatic N) is 3. The van der Waals surface area contributed by atoms with Crippen LogP contribution < -0.4 is 0 Å². The van der Waals surface area contributed by atoms with Gasteiger partial charge in [0.2, 0.25) is 0 Å². The minimum absolute atomic E-state index is 0.191. The first-order valence-corrected chi connectivity index (χ1v) is 7.67. The first-order valence-electron chi connectivity index (χ1n) is 7.67. The normalized spacial score (nSPS) is 19.1. The number of aromatic nitrogens is 2. The molecule has 5 heteroatoms. The van der Waals surface area contributed by atoms with E-state index >= 15 is 0 Å². The van der Waals surface area contributed by atoms with Gasteiger partial charge in [-0.05, 0) is 59.4 Å². The Bertz CT molecular complexity index is 528. The van der Waals surface area contributed by atoms with Crippen LogP contribution in [0.5, 0.6) is 0 Å². The first kappa shape index (κ1) is 15.9. The second kappa shape index (κ2) is 5.70. The predicted octanol–water partition coefficient (Wildman–Crippen LogP) is 2.98. The number of ether oxygens (including phenoxy) is 1. The molecule has 1 unspecified atom stereocenters. The van der Waals surface area contributed by atoms with Crippen molar-refractivity contribution in [1.29, 1.82) is 0 Å². The molecule has 1 aromatic heterocycles. The Hall–Kier alpha value is -1.52. The van der Waals surface area contributed by atoms with Crippen LogP contribution in [0.3, 0.4) is 0 Å². The third kappa shape index (κ3) is 3.57. The number of aryl methyl sites for hydroxylation is 2. The Kier molecular flexibility index (Phi) is 4.30. The van der Waals surface area contributed by atoms with Crippen LogP contribution >= 0.6 is 0 Å². The summed E-state index contributed by atoms with van der Waals surface area (Å²) < 4.78 is 7.44. The van der Waals surface area contributed by atoms with Crippen molar-refractivity contribution in [3.63, 3.8) is 0 Å². The van der Waals surface area contributed by atoms with Crippen LogP contribution in [0.4, 0.5) is 4.79 Å². The van der Waals surface area contributed by atoms with Crippen LogP contribution in [0.25, 0.3) is 0 Å². The van der Waals surface area contributed by atoms with E-state index in [0.29, 0.717) is 0 Å². The van der Waals surface area contributed by atoms with E-state index in [2.05, 4.69) is 12.0 Å². The predicted molar refractivity (Wildman–Crippen MR) is 82.3 cm³/mol. The summed E-state index contributed by atoms with van der Waals surface area (Å²) in [5, 5.41) is 4.46. The summed E-state index contributed by atoms with van der Waals surface area (Å²) in [4.78, 5) is 14.2. The molecule has 1 fully saturated rings. The molecule has 0 aromatic carbocycles. The van der Waals surface area contributed by atoms with Crippen LogP contribution in [-0.2, 0) is 18.2 Å². The van der Waals surface area contributed by atoms with E-state index in [0.717, 1.165) is 31.5 Å². The van der Waals surface area contributed by atoms with Crippen LogP contribution in [0.15, 0.2) is 0 Å². The van der Waals surface area contributed by atoms with E-state index in [4.69, 9.17) is 4.74 Å². The zero-order valence-corrected chi connectivity index (χ0v) is 14.1. The van der Waals surface area contributed by atoms with E-state index in [1.54, 1.807) is 0 Å². The van der Waals surface area contributed by atoms with Crippen LogP contribution in [0.1, 0.15) is 50.6 Å². The maximum atomic E-state index is 12.3. The summed E-state index contributed by atoms with van der Waals surface area (Å²) >= 11 is 0. The molecule has 2 rings (SSSR count). The fourth-order valence-corrected chi connectivity index (χ4v) is 2.96. The molecule has 0 radical (unpaired) electrons. The van der Waals surface area contributed by atoms with Gasteiger partial charge in [-0.25, -0.2) is 4.79 Å². The number of likely N-dealkylation sites (tertiary alicyclic amines) is 1. The maximum absolute atomic E-state index is 12.3. The van der Waals surface area contributed by atoms with Gasteiger partial charge in [0.25, 0.3) is 0 Å². The van der Waals surface area contributed by atoms with Gasteiger partial charge in [0.15, 0.2) is 0 Å². The molecule has 0 spiro atoms. The second-order valence-corrected chi connectivity index (χ2v) is 6.95. The molecule has 118 valence electrons. The van der Waals surface area contributed by atoms with Crippen molar-refractivity contribution in [1.82, 2.24) is 14.7 Å². The number of carbonyl (C=O) groups excluding carboxylic acids is 1. The SMILES string of the molecule is Cc1nn(C)c(C)c1CC1CCCN1C(=O)OC(C)(C)C. The minimum Gasteiger partial charge on any atom is -0.444 e. The van der Waals surface area contributed by atoms with Crippen molar-refractivity contribution >= 4 is 6.09 Å². The number of carbonyl (C=O) groups is 1. The average molecular weight is 293 g/mol. The van der Waals surface area contributed by atoms with Crippen LogP contribution in [-0.4, -0.2) is 39.0 Å². The molecule has 21 heavy (non-hydrogen) atoms. The summed E-state index contributed by atoms with van der Waals surface area (Å²) in [6.45, 7) is 10.6. The molecule has 1 aliphatic heterocycles. The zero-order chi connectivity index (χ0) is 15.8. The fourth-order valence-electron chi connectivity index (χ4n) is 2.96. The lowest BCUT2D eigenvalue weighted by Gasteiger charge is -2.28. The highest BCUT2D eigenvalue weighted by Crippen LogP contribution is 2.25. The van der Waals surface area contributed by atoms with Crippen LogP contribution in [0.2, 0.25) is 0 Å². The number of hydrogen-bond acceptors (Lipinski definition) is 3. The lowest BCUT2D eigenvalue weighted by molar-refractivity contribution is 0.0226. The Morgan fingerprint density at radius 2 is 2.05 bits per heavy atom. The number of rotatable bonds is 2. The largest absolute Gasteiger partial charge is 0.444 e. The lowest BCUT2D eigenvalue weighted by atomic mass is 10.0. The molecular weight excluding hydrogens is 266 g/mol. The molecule has 0 bridgehead atoms. The smallest absolute Gasteiger partial charge is 0.410 e. The molecule has 1 atom stereocenters. The second-order valence-electron chi connectivity index (χ2n) is 6.95. The quantitative estimate of drug-likeness (QED) is 0.842. The summed E-state index contributed by atoms with van der Waals surface area (Å²) in [5.74, 6) is 0. The Balaban J connectivity index is 2.10. The van der Waals surface area contributed by atoms with Crippen molar-refractivity contribution in [2.24, 2.45) is 7.05 Å². The Labute approximate surface area is 127 Å². The van der Waals surface area contributed by atoms with Crippen molar-refractivity contribution in [2.45, 2.75) is 65.5 Å². The molecule has 0 N–H and O–H groups in total. The van der Waals surface area contributed by atoms with Crippen molar-refractivity contribution in [2.75, 3.05) is 6.54 Å². The van der Waals surface area contributed by atoms with Gasteiger partial charge < -0.3 is 9.64 Å². The van der Waals surface area contributed by atoms with E-state index in [1.165, 1.54) is 11.3 Å². The lowest BCUT2D eigenvalue weighted by Crippen LogP contribution is -2.40. The minimum atomic E-state index is -0.440. The van der Waals surface area contributed by atoms with Gasteiger partial charge in [-0.3, -0.25) is 4.68 Å². The summed E-state index contributed by atoms with van der Waals surface area (Å²) in [7, 11) is 1.96. The molecule has 0 saturated carbocycles. The summed E-state index contributed by atoms with van der Waals surface area (Å²) in [6.07, 6.45) is 2.75. The molecule has 5 nitrogen and oxygen atoms in total. The highest BCUT2D eigenvalue weighted by molar-refractivity contribution is 5.69. The maximum Gasteiger partial charge on any atom is 0.410 e. The molecule has 1 aromatic rings. The molecule has 1 amide bonds. The Morgan fingerprint density at radius 1 is 1.38 bits per heavy atom. The number of hydrogen-bond donors (Lipinski definition) is 0. The van der Waals surface area contributed by atoms with Gasteiger partial charge >= 0.3 is 6.09 Å². The van der Waals surface area contributed by atoms with Crippen molar-refractivity contribution in [3.05, 3.63) is 17.0 Å². The highest BCUT2D eigenvalue weighted by atomic mass is 16.6. The third-order valence-corrected chi connectivity index (χ3v) is 4.10. The molecule has 2 heterocycles. The standard InChI is InChI=1S/C16H27N3O2/c1-11-14(12(2)18(6)17-11)10-13-8-7-9-19(13)15(20)21-16(3,4)5/h13H,7-10H2,1-6H3. The van der Waals surface area contributed by atoms with Gasteiger partial charge in [-0.2, -0.15) is 5.10 Å². The summed E-state index contributed by atoms with van der Waals surface area (Å²) in [5.41, 5.74) is 3.07. The van der Waals surface area contributed by atoms with Gasteiger partial charge in [0.05, 0.1) is 5.69 Å². The zero-order valence-electron chi connectivity index (χ0n) is 14.1. The van der Waals surface area contributed by atoms with Crippen molar-refractivity contribution in [3.8, 4) is 0 Å². The first-order chi connectivity index (χ1) is 9.69. The average Bonchev–Trinajstić information content (AvgIpc) is 2.88. The molecule has 1 saturated heterocycles. The van der Waals surface area contributed by atoms with Crippen molar-refractivity contribution < 1.29 is 9.53 Å². The third-order valence-electron chi connectivity index (χ3n) is 4.10. The van der Waals surface area contributed by atoms with Gasteiger partial charge in [-0.1, -0.05) is 0 Å². The van der Waals surface area contributed by atoms with Gasteiger partial charge in [0, 0.05) is 25.3 Å². The van der Waals surface area contributed by atoms with Gasteiger partial charge in [-0.15, -0.1) is 0 Å².